The smallest absolute Gasteiger partial charge is 0.472 e. The van der Waals surface area contributed by atoms with Crippen LogP contribution in [0.3, 0.4) is 0 Å². The molecule has 39 heavy (non-hydrogen) atoms. The number of phosphoric acid groups is 1. The number of rotatable bonds is 23. The molecule has 0 heterocycles. The lowest BCUT2D eigenvalue weighted by atomic mass is 10.1. The first-order valence-electron chi connectivity index (χ1n) is 13.2. The summed E-state index contributed by atoms with van der Waals surface area (Å²) in [7, 11) is -4.72. The minimum Gasteiger partial charge on any atom is -0.480 e. The van der Waals surface area contributed by atoms with Crippen LogP contribution in [-0.4, -0.2) is 64.9 Å². The van der Waals surface area contributed by atoms with Crippen LogP contribution in [0.25, 0.3) is 0 Å². The van der Waals surface area contributed by atoms with Crippen LogP contribution in [0.1, 0.15) is 71.6 Å². The number of carbonyl (C=O) groups excluding carboxylic acids is 2. The number of phosphoric ester groups is 1. The van der Waals surface area contributed by atoms with Gasteiger partial charge in [-0.1, -0.05) is 62.5 Å². The molecule has 4 N–H and O–H groups in total. The Balaban J connectivity index is 4.14. The number of ether oxygens (including phenoxy) is 1. The summed E-state index contributed by atoms with van der Waals surface area (Å²) in [5.74, 6) is -2.54. The Hall–Kier alpha value is -2.56. The fourth-order valence-corrected chi connectivity index (χ4v) is 3.58. The fourth-order valence-electron chi connectivity index (χ4n) is 2.81. The highest BCUT2D eigenvalue weighted by atomic mass is 31.2. The van der Waals surface area contributed by atoms with E-state index in [1.165, 1.54) is 0 Å². The van der Waals surface area contributed by atoms with Crippen molar-refractivity contribution in [2.75, 3.05) is 19.8 Å². The molecule has 0 rings (SSSR count). The molecule has 0 aliphatic carbocycles. The molecule has 222 valence electrons. The minimum absolute atomic E-state index is 0.0905. The number of amides is 1. The van der Waals surface area contributed by atoms with Crippen LogP contribution in [0.15, 0.2) is 48.6 Å². The Kier molecular flexibility index (Phi) is 21.8. The Labute approximate surface area is 231 Å². The number of esters is 1. The van der Waals surface area contributed by atoms with Crippen molar-refractivity contribution in [3.05, 3.63) is 48.6 Å². The van der Waals surface area contributed by atoms with E-state index in [0.717, 1.165) is 38.5 Å². The molecule has 12 heteroatoms. The number of allylic oxidation sites excluding steroid dienone is 8. The first-order chi connectivity index (χ1) is 18.6. The van der Waals surface area contributed by atoms with Crippen molar-refractivity contribution < 1.29 is 47.8 Å². The average Bonchev–Trinajstić information content (AvgIpc) is 2.90. The maximum Gasteiger partial charge on any atom is 0.472 e. The van der Waals surface area contributed by atoms with Crippen LogP contribution in [0.2, 0.25) is 0 Å². The number of unbranched alkanes of at least 4 members (excludes halogenated alkanes) is 2. The largest absolute Gasteiger partial charge is 0.480 e. The van der Waals surface area contributed by atoms with Crippen LogP contribution < -0.4 is 5.32 Å². The Morgan fingerprint density at radius 2 is 1.41 bits per heavy atom. The van der Waals surface area contributed by atoms with Gasteiger partial charge in [0.25, 0.3) is 0 Å². The van der Waals surface area contributed by atoms with E-state index in [9.17, 15) is 34.1 Å². The zero-order valence-electron chi connectivity index (χ0n) is 22.9. The van der Waals surface area contributed by atoms with Gasteiger partial charge in [0.2, 0.25) is 5.91 Å². The maximum absolute atomic E-state index is 12.1. The molecule has 0 aromatic heterocycles. The van der Waals surface area contributed by atoms with Crippen molar-refractivity contribution in [1.29, 1.82) is 0 Å². The van der Waals surface area contributed by atoms with Crippen molar-refractivity contribution in [1.82, 2.24) is 5.32 Å². The van der Waals surface area contributed by atoms with Gasteiger partial charge in [-0.3, -0.25) is 18.6 Å². The summed E-state index contributed by atoms with van der Waals surface area (Å²) in [5, 5.41) is 21.1. The van der Waals surface area contributed by atoms with Gasteiger partial charge in [0.15, 0.2) is 6.04 Å². The molecule has 1 amide bonds. The molecule has 3 atom stereocenters. The van der Waals surface area contributed by atoms with Gasteiger partial charge in [-0.15, -0.1) is 0 Å². The second-order valence-electron chi connectivity index (χ2n) is 8.46. The Bertz CT molecular complexity index is 869. The monoisotopic (exact) mass is 573 g/mol. The van der Waals surface area contributed by atoms with E-state index < -0.39 is 57.6 Å². The SMILES string of the molecule is CC/C=C\C/C=C\C/C=C\C/C=C\CCCCC(=O)NC(COP(=O)(O)OCC(O)COC(=O)CC)C(=O)O. The third-order valence-electron chi connectivity index (χ3n) is 4.94. The predicted octanol–water partition coefficient (Wildman–Crippen LogP) is 4.37. The van der Waals surface area contributed by atoms with E-state index in [-0.39, 0.29) is 12.8 Å². The number of carbonyl (C=O) groups is 3. The Morgan fingerprint density at radius 1 is 0.846 bits per heavy atom. The lowest BCUT2D eigenvalue weighted by Crippen LogP contribution is -2.43. The number of aliphatic hydroxyl groups excluding tert-OH is 1. The summed E-state index contributed by atoms with van der Waals surface area (Å²) < 4.78 is 25.8. The van der Waals surface area contributed by atoms with Crippen LogP contribution in [0, 0.1) is 0 Å². The molecule has 0 bridgehead atoms. The molecular weight excluding hydrogens is 529 g/mol. The minimum atomic E-state index is -4.72. The summed E-state index contributed by atoms with van der Waals surface area (Å²) in [6.07, 6.45) is 21.4. The van der Waals surface area contributed by atoms with Gasteiger partial charge in [0, 0.05) is 12.8 Å². The molecule has 0 aromatic carbocycles. The number of carboxylic acid groups (broad SMARTS) is 1. The summed E-state index contributed by atoms with van der Waals surface area (Å²) >= 11 is 0. The molecule has 0 spiro atoms. The number of hydrogen-bond acceptors (Lipinski definition) is 8. The molecule has 11 nitrogen and oxygen atoms in total. The van der Waals surface area contributed by atoms with E-state index in [2.05, 4.69) is 62.5 Å². The third kappa shape index (κ3) is 23.1. The number of aliphatic carboxylic acids is 1. The standard InChI is InChI=1S/C27H44NO10P/c1-3-5-6-7-8-9-10-11-12-13-14-15-16-17-18-19-25(30)28-24(27(32)33)22-38-39(34,35)37-21-23(29)20-36-26(31)4-2/h5-6,8-9,11-12,14-15,23-24,29H,3-4,7,10,13,16-22H2,1-2H3,(H,28,30)(H,32,33)(H,34,35)/b6-5-,9-8-,12-11-,15-14-. The van der Waals surface area contributed by atoms with Gasteiger partial charge in [0.05, 0.1) is 13.2 Å². The highest BCUT2D eigenvalue weighted by Gasteiger charge is 2.28. The summed E-state index contributed by atoms with van der Waals surface area (Å²) in [4.78, 5) is 44.2. The molecule has 0 aromatic rings. The molecule has 0 aliphatic rings. The van der Waals surface area contributed by atoms with E-state index in [1.54, 1.807) is 6.92 Å². The second-order valence-corrected chi connectivity index (χ2v) is 9.91. The molecule has 0 aliphatic heterocycles. The van der Waals surface area contributed by atoms with Crippen LogP contribution in [0.5, 0.6) is 0 Å². The third-order valence-corrected chi connectivity index (χ3v) is 5.89. The number of aliphatic hydroxyl groups is 1. The van der Waals surface area contributed by atoms with Crippen molar-refractivity contribution in [2.45, 2.75) is 83.8 Å². The van der Waals surface area contributed by atoms with Gasteiger partial charge in [-0.05, 0) is 44.9 Å². The topological polar surface area (TPSA) is 169 Å². The van der Waals surface area contributed by atoms with Crippen molar-refractivity contribution in [3.63, 3.8) is 0 Å². The van der Waals surface area contributed by atoms with Crippen LogP contribution in [0.4, 0.5) is 0 Å². The van der Waals surface area contributed by atoms with Crippen molar-refractivity contribution in [2.24, 2.45) is 0 Å². The number of hydrogen-bond donors (Lipinski definition) is 4. The highest BCUT2D eigenvalue weighted by Crippen LogP contribution is 2.43. The number of nitrogens with one attached hydrogen (secondary N) is 1. The molecular formula is C27H44NO10P. The Morgan fingerprint density at radius 3 is 1.97 bits per heavy atom. The fraction of sp³-hybridized carbons (Fsp3) is 0.593. The maximum atomic E-state index is 12.1. The van der Waals surface area contributed by atoms with Gasteiger partial charge >= 0.3 is 19.8 Å². The van der Waals surface area contributed by atoms with Gasteiger partial charge in [-0.2, -0.15) is 0 Å². The quantitative estimate of drug-likeness (QED) is 0.0596. The normalized spacial score (nSPS) is 15.2. The molecule has 0 radical (unpaired) electrons. The summed E-state index contributed by atoms with van der Waals surface area (Å²) in [5.41, 5.74) is 0. The zero-order chi connectivity index (χ0) is 29.4. The highest BCUT2D eigenvalue weighted by molar-refractivity contribution is 7.47. The number of carboxylic acids is 1. The summed E-state index contributed by atoms with van der Waals surface area (Å²) in [6.45, 7) is 1.72. The predicted molar refractivity (Wildman–Crippen MR) is 148 cm³/mol. The van der Waals surface area contributed by atoms with E-state index in [4.69, 9.17) is 0 Å². The zero-order valence-corrected chi connectivity index (χ0v) is 23.8. The van der Waals surface area contributed by atoms with Crippen LogP contribution >= 0.6 is 7.82 Å². The van der Waals surface area contributed by atoms with E-state index in [0.29, 0.717) is 6.42 Å². The first kappa shape index (κ1) is 36.4. The first-order valence-corrected chi connectivity index (χ1v) is 14.7. The summed E-state index contributed by atoms with van der Waals surface area (Å²) in [6, 6.07) is -1.56. The van der Waals surface area contributed by atoms with Gasteiger partial charge in [-0.25, -0.2) is 9.36 Å². The average molecular weight is 574 g/mol. The van der Waals surface area contributed by atoms with E-state index in [1.807, 2.05) is 12.2 Å². The van der Waals surface area contributed by atoms with Gasteiger partial charge in [0.1, 0.15) is 12.7 Å². The molecule has 0 saturated heterocycles. The lowest BCUT2D eigenvalue weighted by molar-refractivity contribution is -0.146. The van der Waals surface area contributed by atoms with Crippen LogP contribution in [-0.2, 0) is 32.7 Å². The van der Waals surface area contributed by atoms with Crippen molar-refractivity contribution >= 4 is 25.7 Å². The molecule has 0 fully saturated rings. The lowest BCUT2D eigenvalue weighted by Gasteiger charge is -2.18. The molecule has 0 saturated carbocycles. The van der Waals surface area contributed by atoms with E-state index >= 15 is 0 Å². The van der Waals surface area contributed by atoms with Crippen molar-refractivity contribution in [3.8, 4) is 0 Å². The second kappa shape index (κ2) is 23.3. The molecule has 3 unspecified atom stereocenters. The van der Waals surface area contributed by atoms with Gasteiger partial charge < -0.3 is 25.2 Å².